The van der Waals surface area contributed by atoms with Crippen LogP contribution in [0.1, 0.15) is 38.3 Å². The third-order valence-electron chi connectivity index (χ3n) is 5.75. The number of hydrogen-bond donors (Lipinski definition) is 1. The van der Waals surface area contributed by atoms with Crippen molar-refractivity contribution in [2.45, 2.75) is 12.8 Å². The lowest BCUT2D eigenvalue weighted by Crippen LogP contribution is -2.15. The van der Waals surface area contributed by atoms with Gasteiger partial charge in [0.1, 0.15) is 11.5 Å². The number of benzene rings is 3. The number of nitrogens with zero attached hydrogens (tertiary/aromatic N) is 1. The van der Waals surface area contributed by atoms with E-state index in [1.807, 2.05) is 48.5 Å². The molecule has 0 fully saturated rings. The molecule has 0 bridgehead atoms. The second kappa shape index (κ2) is 9.19. The van der Waals surface area contributed by atoms with Gasteiger partial charge >= 0.3 is 0 Å². The molecule has 0 saturated carbocycles. The van der Waals surface area contributed by atoms with Crippen LogP contribution in [-0.4, -0.2) is 23.3 Å². The van der Waals surface area contributed by atoms with Crippen molar-refractivity contribution in [3.8, 4) is 28.5 Å². The maximum Gasteiger partial charge on any atom is 0.248 e. The molecule has 0 aliphatic carbocycles. The highest BCUT2D eigenvalue weighted by atomic mass is 16.5. The van der Waals surface area contributed by atoms with E-state index in [1.54, 1.807) is 36.5 Å². The first-order valence-corrected chi connectivity index (χ1v) is 11.0. The first-order valence-electron chi connectivity index (χ1n) is 11.0. The van der Waals surface area contributed by atoms with Gasteiger partial charge in [0.25, 0.3) is 0 Å². The fraction of sp³-hybridized carbons (Fsp3) is 0.107. The molecule has 3 aromatic carbocycles. The molecule has 168 valence electrons. The van der Waals surface area contributed by atoms with Crippen LogP contribution in [0.15, 0.2) is 85.1 Å². The number of nitrogens with two attached hydrogens (primary N) is 1. The summed E-state index contributed by atoms with van der Waals surface area (Å²) in [7, 11) is 0. The van der Waals surface area contributed by atoms with Gasteiger partial charge in [0, 0.05) is 29.8 Å². The summed E-state index contributed by atoms with van der Waals surface area (Å²) >= 11 is 0. The van der Waals surface area contributed by atoms with Crippen molar-refractivity contribution in [1.29, 1.82) is 0 Å². The maximum absolute atomic E-state index is 12.1. The molecule has 4 aromatic rings. The van der Waals surface area contributed by atoms with Crippen molar-refractivity contribution in [2.24, 2.45) is 5.73 Å². The third-order valence-corrected chi connectivity index (χ3v) is 5.75. The predicted molar refractivity (Wildman–Crippen MR) is 128 cm³/mol. The van der Waals surface area contributed by atoms with Gasteiger partial charge in [-0.3, -0.25) is 9.59 Å². The Bertz CT molecular complexity index is 1370. The van der Waals surface area contributed by atoms with Gasteiger partial charge in [0.05, 0.1) is 12.2 Å². The molecule has 1 aliphatic heterocycles. The summed E-state index contributed by atoms with van der Waals surface area (Å²) in [6.07, 6.45) is 2.71. The molecule has 1 amide bonds. The number of Topliss-reactive ketones (excluding diaryl/α,β-unsaturated/α-hetero) is 1. The van der Waals surface area contributed by atoms with Crippen molar-refractivity contribution >= 4 is 11.7 Å². The number of ketones is 1. The lowest BCUT2D eigenvalue weighted by Gasteiger charge is -2.18. The minimum atomic E-state index is -0.452. The Morgan fingerprint density at radius 3 is 2.56 bits per heavy atom. The lowest BCUT2D eigenvalue weighted by molar-refractivity contribution is 0.0932. The largest absolute Gasteiger partial charge is 0.492 e. The van der Waals surface area contributed by atoms with E-state index in [1.165, 1.54) is 0 Å². The van der Waals surface area contributed by atoms with E-state index in [4.69, 9.17) is 15.2 Å². The summed E-state index contributed by atoms with van der Waals surface area (Å²) in [5.74, 6) is 1.15. The molecule has 6 heteroatoms. The summed E-state index contributed by atoms with van der Waals surface area (Å²) in [6, 6.07) is 24.4. The second-order valence-electron chi connectivity index (χ2n) is 8.04. The highest BCUT2D eigenvalue weighted by Gasteiger charge is 2.20. The lowest BCUT2D eigenvalue weighted by atomic mass is 9.95. The molecular formula is C28H22N2O4. The van der Waals surface area contributed by atoms with Gasteiger partial charge in [-0.15, -0.1) is 0 Å². The van der Waals surface area contributed by atoms with Gasteiger partial charge in [-0.1, -0.05) is 42.5 Å². The standard InChI is InChI=1S/C28H22N2O4/c29-27(32)20-8-6-18(7-9-20)16-21-12-14-30-28(26(21)19-4-2-1-3-5-19)34-22-10-11-23-24(31)13-15-33-25(23)17-22/h1-12,14,17H,13,15-16H2,(H2,29,32). The molecule has 5 rings (SSSR count). The van der Waals surface area contributed by atoms with Gasteiger partial charge in [-0.2, -0.15) is 0 Å². The van der Waals surface area contributed by atoms with Gasteiger partial charge in [-0.25, -0.2) is 4.98 Å². The Morgan fingerprint density at radius 1 is 1.00 bits per heavy atom. The van der Waals surface area contributed by atoms with Crippen molar-refractivity contribution in [3.63, 3.8) is 0 Å². The zero-order chi connectivity index (χ0) is 23.5. The molecule has 34 heavy (non-hydrogen) atoms. The molecule has 0 atom stereocenters. The van der Waals surface area contributed by atoms with E-state index >= 15 is 0 Å². The van der Waals surface area contributed by atoms with Crippen LogP contribution in [0.4, 0.5) is 0 Å². The van der Waals surface area contributed by atoms with E-state index in [-0.39, 0.29) is 5.78 Å². The average Bonchev–Trinajstić information content (AvgIpc) is 2.85. The van der Waals surface area contributed by atoms with Crippen LogP contribution >= 0.6 is 0 Å². The maximum atomic E-state index is 12.1. The normalized spacial score (nSPS) is 12.5. The minimum Gasteiger partial charge on any atom is -0.492 e. The van der Waals surface area contributed by atoms with Crippen LogP contribution in [0.25, 0.3) is 11.1 Å². The number of carbonyl (C=O) groups excluding carboxylic acids is 2. The number of rotatable bonds is 6. The number of carbonyl (C=O) groups is 2. The predicted octanol–water partition coefficient (Wildman–Crippen LogP) is 5.20. The fourth-order valence-electron chi connectivity index (χ4n) is 4.04. The Balaban J connectivity index is 1.52. The molecule has 0 saturated heterocycles. The summed E-state index contributed by atoms with van der Waals surface area (Å²) < 4.78 is 11.9. The fourth-order valence-corrected chi connectivity index (χ4v) is 4.04. The Hall–Kier alpha value is -4.45. The van der Waals surface area contributed by atoms with E-state index < -0.39 is 5.91 Å². The summed E-state index contributed by atoms with van der Waals surface area (Å²) in [4.78, 5) is 28.0. The second-order valence-corrected chi connectivity index (χ2v) is 8.04. The van der Waals surface area contributed by atoms with E-state index in [2.05, 4.69) is 4.98 Å². The van der Waals surface area contributed by atoms with Crippen LogP contribution in [0.2, 0.25) is 0 Å². The Morgan fingerprint density at radius 2 is 1.79 bits per heavy atom. The molecule has 0 spiro atoms. The van der Waals surface area contributed by atoms with E-state index in [0.29, 0.717) is 48.0 Å². The number of amides is 1. The van der Waals surface area contributed by atoms with Crippen molar-refractivity contribution in [3.05, 3.63) is 107 Å². The summed E-state index contributed by atoms with van der Waals surface area (Å²) in [5.41, 5.74) is 10.3. The third kappa shape index (κ3) is 4.38. The minimum absolute atomic E-state index is 0.0697. The Kier molecular flexibility index (Phi) is 5.79. The first-order chi connectivity index (χ1) is 16.6. The number of pyridine rings is 1. The van der Waals surface area contributed by atoms with Gasteiger partial charge in [-0.05, 0) is 53.4 Å². The van der Waals surface area contributed by atoms with Crippen LogP contribution in [0, 0.1) is 0 Å². The molecule has 2 N–H and O–H groups in total. The molecule has 1 aromatic heterocycles. The topological polar surface area (TPSA) is 91.5 Å². The monoisotopic (exact) mass is 450 g/mol. The Labute approximate surface area is 197 Å². The van der Waals surface area contributed by atoms with Gasteiger partial charge in [0.2, 0.25) is 11.8 Å². The van der Waals surface area contributed by atoms with Crippen LogP contribution in [-0.2, 0) is 6.42 Å². The number of aromatic nitrogens is 1. The average molecular weight is 450 g/mol. The van der Waals surface area contributed by atoms with E-state index in [0.717, 1.165) is 22.3 Å². The highest BCUT2D eigenvalue weighted by molar-refractivity contribution is 5.99. The number of fused-ring (bicyclic) bond motifs is 1. The summed E-state index contributed by atoms with van der Waals surface area (Å²) in [6.45, 7) is 0.368. The molecule has 6 nitrogen and oxygen atoms in total. The quantitative estimate of drug-likeness (QED) is 0.436. The molecule has 2 heterocycles. The van der Waals surface area contributed by atoms with Crippen LogP contribution < -0.4 is 15.2 Å². The smallest absolute Gasteiger partial charge is 0.248 e. The van der Waals surface area contributed by atoms with Crippen molar-refractivity contribution in [2.75, 3.05) is 6.61 Å². The molecule has 0 radical (unpaired) electrons. The zero-order valence-corrected chi connectivity index (χ0v) is 18.4. The zero-order valence-electron chi connectivity index (χ0n) is 18.4. The number of primary amides is 1. The van der Waals surface area contributed by atoms with E-state index in [9.17, 15) is 9.59 Å². The number of hydrogen-bond acceptors (Lipinski definition) is 5. The van der Waals surface area contributed by atoms with Crippen LogP contribution in [0.3, 0.4) is 0 Å². The molecular weight excluding hydrogens is 428 g/mol. The number of ether oxygens (including phenoxy) is 2. The van der Waals surface area contributed by atoms with Crippen LogP contribution in [0.5, 0.6) is 17.4 Å². The SMILES string of the molecule is NC(=O)c1ccc(Cc2ccnc(Oc3ccc4c(c3)OCCC4=O)c2-c2ccccc2)cc1. The van der Waals surface area contributed by atoms with Crippen molar-refractivity contribution < 1.29 is 19.1 Å². The van der Waals surface area contributed by atoms with Gasteiger partial charge < -0.3 is 15.2 Å². The highest BCUT2D eigenvalue weighted by Crippen LogP contribution is 2.37. The first kappa shape index (κ1) is 21.4. The molecule has 0 unspecified atom stereocenters. The summed E-state index contributed by atoms with van der Waals surface area (Å²) in [5, 5.41) is 0. The van der Waals surface area contributed by atoms with Crippen molar-refractivity contribution in [1.82, 2.24) is 4.98 Å². The van der Waals surface area contributed by atoms with Gasteiger partial charge in [0.15, 0.2) is 5.78 Å². The molecule has 1 aliphatic rings.